The van der Waals surface area contributed by atoms with Crippen LogP contribution in [0.15, 0.2) is 11.1 Å². The Hall–Kier alpha value is -2.05. The molecule has 0 unspecified atom stereocenters. The number of rotatable bonds is 1. The average molecular weight is 211 g/mol. The smallest absolute Gasteiger partial charge is 0.436 e. The van der Waals surface area contributed by atoms with E-state index in [0.29, 0.717) is 11.5 Å². The Morgan fingerprint density at radius 3 is 2.87 bits per heavy atom. The fourth-order valence-electron chi connectivity index (χ4n) is 1.000. The summed E-state index contributed by atoms with van der Waals surface area (Å²) >= 11 is 0. The Labute approximate surface area is 86.7 Å². The van der Waals surface area contributed by atoms with Crippen LogP contribution in [0.1, 0.15) is 12.6 Å². The Morgan fingerprint density at radius 1 is 1.73 bits per heavy atom. The third kappa shape index (κ3) is 2.70. The van der Waals surface area contributed by atoms with Crippen molar-refractivity contribution in [2.75, 3.05) is 12.3 Å². The molecular formula is C8H13N5O2. The second-order valence-corrected chi connectivity index (χ2v) is 2.79. The maximum absolute atomic E-state index is 11.0. The first-order valence-electron chi connectivity index (χ1n) is 4.38. The van der Waals surface area contributed by atoms with Crippen LogP contribution in [0.3, 0.4) is 0 Å². The van der Waals surface area contributed by atoms with E-state index >= 15 is 0 Å². The molecular weight excluding hydrogens is 198 g/mol. The molecule has 1 aromatic heterocycles. The zero-order valence-corrected chi connectivity index (χ0v) is 8.60. The minimum absolute atomic E-state index is 0.112. The lowest BCUT2D eigenvalue weighted by Crippen LogP contribution is -2.26. The predicted molar refractivity (Wildman–Crippen MR) is 55.4 cm³/mol. The minimum Gasteiger partial charge on any atom is -0.448 e. The maximum Gasteiger partial charge on any atom is 0.436 e. The molecule has 7 heteroatoms. The van der Waals surface area contributed by atoms with E-state index in [1.165, 1.54) is 4.68 Å². The van der Waals surface area contributed by atoms with Gasteiger partial charge >= 0.3 is 6.09 Å². The van der Waals surface area contributed by atoms with Crippen molar-refractivity contribution < 1.29 is 9.53 Å². The van der Waals surface area contributed by atoms with E-state index in [0.717, 1.165) is 0 Å². The van der Waals surface area contributed by atoms with Gasteiger partial charge in [0.2, 0.25) is 5.96 Å². The molecule has 82 valence electrons. The van der Waals surface area contributed by atoms with Crippen molar-refractivity contribution in [2.45, 2.75) is 13.8 Å². The summed E-state index contributed by atoms with van der Waals surface area (Å²) in [7, 11) is 0. The van der Waals surface area contributed by atoms with Crippen LogP contribution in [-0.2, 0) is 4.74 Å². The number of carbonyl (C=O) groups is 1. The summed E-state index contributed by atoms with van der Waals surface area (Å²) < 4.78 is 5.77. The van der Waals surface area contributed by atoms with Gasteiger partial charge in [0.05, 0.1) is 12.3 Å². The minimum atomic E-state index is -0.762. The molecule has 0 fully saturated rings. The van der Waals surface area contributed by atoms with Crippen LogP contribution < -0.4 is 11.5 Å². The van der Waals surface area contributed by atoms with Crippen molar-refractivity contribution in [3.05, 3.63) is 11.8 Å². The molecule has 0 aliphatic rings. The van der Waals surface area contributed by atoms with Gasteiger partial charge in [-0.05, 0) is 13.8 Å². The monoisotopic (exact) mass is 211 g/mol. The Kier molecular flexibility index (Phi) is 3.27. The summed E-state index contributed by atoms with van der Waals surface area (Å²) in [4.78, 5) is 14.4. The van der Waals surface area contributed by atoms with Crippen molar-refractivity contribution in [3.8, 4) is 0 Å². The highest BCUT2D eigenvalue weighted by atomic mass is 16.5. The number of anilines is 1. The third-order valence-corrected chi connectivity index (χ3v) is 1.55. The molecule has 0 aliphatic carbocycles. The number of amides is 1. The van der Waals surface area contributed by atoms with Crippen LogP contribution in [0.4, 0.5) is 10.6 Å². The number of nitrogens with zero attached hydrogens (tertiary/aromatic N) is 3. The Bertz CT molecular complexity index is 396. The first-order chi connectivity index (χ1) is 7.04. The molecule has 0 radical (unpaired) electrons. The summed E-state index contributed by atoms with van der Waals surface area (Å²) in [5.41, 5.74) is 11.8. The number of hydrogen-bond acceptors (Lipinski definition) is 4. The summed E-state index contributed by atoms with van der Waals surface area (Å²) in [5.74, 6) is 0.206. The molecule has 7 nitrogen and oxygen atoms in total. The van der Waals surface area contributed by atoms with Gasteiger partial charge in [-0.15, -0.1) is 4.99 Å². The van der Waals surface area contributed by atoms with E-state index < -0.39 is 6.09 Å². The zero-order chi connectivity index (χ0) is 11.4. The molecule has 0 aliphatic heterocycles. The second kappa shape index (κ2) is 4.45. The normalized spacial score (nSPS) is 11.5. The fourth-order valence-corrected chi connectivity index (χ4v) is 1.000. The van der Waals surface area contributed by atoms with Crippen molar-refractivity contribution in [1.29, 1.82) is 0 Å². The highest BCUT2D eigenvalue weighted by Crippen LogP contribution is 2.03. The molecule has 1 heterocycles. The molecule has 0 atom stereocenters. The number of nitrogen functional groups attached to an aromatic ring is 1. The zero-order valence-electron chi connectivity index (χ0n) is 8.60. The average Bonchev–Trinajstić information content (AvgIpc) is 2.45. The molecule has 0 bridgehead atoms. The standard InChI is InChI=1S/C8H13N5O2/c1-3-15-8(14)11-7(10)13-6(9)4-5(2)12-13/h4H,3,9H2,1-2H3,(H2,10,11,14). The van der Waals surface area contributed by atoms with Crippen molar-refractivity contribution in [2.24, 2.45) is 10.7 Å². The molecule has 15 heavy (non-hydrogen) atoms. The van der Waals surface area contributed by atoms with Crippen LogP contribution >= 0.6 is 0 Å². The van der Waals surface area contributed by atoms with E-state index in [9.17, 15) is 4.79 Å². The molecule has 1 rings (SSSR count). The van der Waals surface area contributed by atoms with E-state index in [1.54, 1.807) is 19.9 Å². The van der Waals surface area contributed by atoms with E-state index in [2.05, 4.69) is 14.8 Å². The van der Waals surface area contributed by atoms with Gasteiger partial charge < -0.3 is 16.2 Å². The highest BCUT2D eigenvalue weighted by Gasteiger charge is 2.07. The van der Waals surface area contributed by atoms with Gasteiger partial charge in [-0.1, -0.05) is 0 Å². The van der Waals surface area contributed by atoms with Crippen molar-refractivity contribution in [3.63, 3.8) is 0 Å². The summed E-state index contributed by atoms with van der Waals surface area (Å²) in [6.45, 7) is 3.67. The number of aromatic nitrogens is 2. The van der Waals surface area contributed by atoms with Crippen molar-refractivity contribution >= 4 is 17.9 Å². The van der Waals surface area contributed by atoms with Crippen LogP contribution in [0.25, 0.3) is 0 Å². The fraction of sp³-hybridized carbons (Fsp3) is 0.375. The summed E-state index contributed by atoms with van der Waals surface area (Å²) in [6.07, 6.45) is -0.762. The van der Waals surface area contributed by atoms with E-state index in [1.807, 2.05) is 0 Å². The summed E-state index contributed by atoms with van der Waals surface area (Å²) in [6, 6.07) is 1.62. The SMILES string of the molecule is CCOC(=O)/N=C(\N)n1nc(C)cc1N. The number of aryl methyl sites for hydroxylation is 1. The molecule has 0 saturated carbocycles. The molecule has 0 spiro atoms. The first-order valence-corrected chi connectivity index (χ1v) is 4.38. The van der Waals surface area contributed by atoms with Crippen LogP contribution in [0.2, 0.25) is 0 Å². The second-order valence-electron chi connectivity index (χ2n) is 2.79. The third-order valence-electron chi connectivity index (χ3n) is 1.55. The topological polar surface area (TPSA) is 109 Å². The molecule has 1 amide bonds. The lowest BCUT2D eigenvalue weighted by molar-refractivity contribution is 0.163. The lowest BCUT2D eigenvalue weighted by Gasteiger charge is -2.01. The van der Waals surface area contributed by atoms with Crippen LogP contribution in [0, 0.1) is 6.92 Å². The highest BCUT2D eigenvalue weighted by molar-refractivity contribution is 5.91. The van der Waals surface area contributed by atoms with Gasteiger partial charge in [0.25, 0.3) is 0 Å². The Balaban J connectivity index is 2.88. The number of nitrogens with two attached hydrogens (primary N) is 2. The maximum atomic E-state index is 11.0. The first kappa shape index (κ1) is 11.0. The number of aliphatic imine (C=N–C) groups is 1. The van der Waals surface area contributed by atoms with Gasteiger partial charge in [-0.2, -0.15) is 9.78 Å². The van der Waals surface area contributed by atoms with Gasteiger partial charge in [-0.25, -0.2) is 4.79 Å². The van der Waals surface area contributed by atoms with Gasteiger partial charge in [0.1, 0.15) is 5.82 Å². The quantitative estimate of drug-likeness (QED) is 0.505. The Morgan fingerprint density at radius 2 is 2.40 bits per heavy atom. The van der Waals surface area contributed by atoms with Crippen molar-refractivity contribution in [1.82, 2.24) is 9.78 Å². The van der Waals surface area contributed by atoms with Crippen LogP contribution in [-0.4, -0.2) is 28.4 Å². The molecule has 1 aromatic rings. The van der Waals surface area contributed by atoms with Gasteiger partial charge in [-0.3, -0.25) is 0 Å². The van der Waals surface area contributed by atoms with E-state index in [-0.39, 0.29) is 12.6 Å². The lowest BCUT2D eigenvalue weighted by atomic mass is 10.5. The largest absolute Gasteiger partial charge is 0.448 e. The number of carbonyl (C=O) groups excluding carboxylic acids is 1. The summed E-state index contributed by atoms with van der Waals surface area (Å²) in [5, 5.41) is 3.95. The number of ether oxygens (including phenoxy) is 1. The van der Waals surface area contributed by atoms with Gasteiger partial charge in [0.15, 0.2) is 0 Å². The predicted octanol–water partition coefficient (Wildman–Crippen LogP) is 0.0930. The van der Waals surface area contributed by atoms with E-state index in [4.69, 9.17) is 11.5 Å². The van der Waals surface area contributed by atoms with Crippen LogP contribution in [0.5, 0.6) is 0 Å². The number of hydrogen-bond donors (Lipinski definition) is 2. The molecule has 0 aromatic carbocycles. The van der Waals surface area contributed by atoms with Gasteiger partial charge in [0, 0.05) is 6.07 Å². The molecule has 4 N–H and O–H groups in total. The molecule has 0 saturated heterocycles.